The van der Waals surface area contributed by atoms with E-state index in [1.807, 2.05) is 12.1 Å². The number of nitrogens with one attached hydrogen (secondary N) is 1. The summed E-state index contributed by atoms with van der Waals surface area (Å²) in [5, 5.41) is 3.07. The molecule has 0 aliphatic rings. The molecule has 2 nitrogen and oxygen atoms in total. The quantitative estimate of drug-likeness (QED) is 0.563. The van der Waals surface area contributed by atoms with Crippen molar-refractivity contribution in [2.45, 2.75) is 13.3 Å². The maximum atomic E-state index is 5.52. The van der Waals surface area contributed by atoms with Crippen LogP contribution in [-0.2, 0) is 6.42 Å². The summed E-state index contributed by atoms with van der Waals surface area (Å²) in [5.74, 6) is 3.43. The fourth-order valence-corrected chi connectivity index (χ4v) is 1.22. The molecule has 0 atom stereocenters. The second-order valence-electron chi connectivity index (χ2n) is 3.23. The first-order chi connectivity index (χ1) is 7.36. The first kappa shape index (κ1) is 11.6. The summed E-state index contributed by atoms with van der Waals surface area (Å²) >= 11 is 0. The van der Waals surface area contributed by atoms with Gasteiger partial charge in [0.05, 0.1) is 6.54 Å². The Morgan fingerprint density at radius 2 is 2.07 bits per heavy atom. The van der Waals surface area contributed by atoms with E-state index in [2.05, 4.69) is 30.3 Å². The van der Waals surface area contributed by atoms with Gasteiger partial charge in [-0.3, -0.25) is 0 Å². The third-order valence-corrected chi connectivity index (χ3v) is 2.11. The molecule has 0 aliphatic carbocycles. The van der Waals surface area contributed by atoms with Gasteiger partial charge in [-0.05, 0) is 24.1 Å². The summed E-state index contributed by atoms with van der Waals surface area (Å²) in [7, 11) is 0. The predicted molar refractivity (Wildman–Crippen MR) is 63.0 cm³/mol. The summed E-state index contributed by atoms with van der Waals surface area (Å²) in [4.78, 5) is 0. The molecule has 0 aromatic heterocycles. The monoisotopic (exact) mass is 203 g/mol. The smallest absolute Gasteiger partial charge is 0.119 e. The Labute approximate surface area is 91.6 Å². The Morgan fingerprint density at radius 1 is 1.33 bits per heavy atom. The predicted octanol–water partition coefficient (Wildman–Crippen LogP) is 1.85. The molecule has 2 heteroatoms. The molecule has 0 heterocycles. The van der Waals surface area contributed by atoms with Crippen molar-refractivity contribution in [1.29, 1.82) is 0 Å². The van der Waals surface area contributed by atoms with Crippen LogP contribution in [0, 0.1) is 12.3 Å². The van der Waals surface area contributed by atoms with E-state index in [1.165, 1.54) is 5.56 Å². The zero-order valence-electron chi connectivity index (χ0n) is 9.12. The molecule has 1 rings (SSSR count). The van der Waals surface area contributed by atoms with E-state index < -0.39 is 0 Å². The van der Waals surface area contributed by atoms with E-state index in [0.29, 0.717) is 13.2 Å². The van der Waals surface area contributed by atoms with Gasteiger partial charge in [-0.1, -0.05) is 25.0 Å². The highest BCUT2D eigenvalue weighted by Crippen LogP contribution is 2.11. The van der Waals surface area contributed by atoms with Crippen LogP contribution in [-0.4, -0.2) is 19.7 Å². The molecule has 1 aromatic carbocycles. The van der Waals surface area contributed by atoms with Crippen LogP contribution in [0.2, 0.25) is 0 Å². The lowest BCUT2D eigenvalue weighted by molar-refractivity contribution is 0.316. The molecule has 15 heavy (non-hydrogen) atoms. The van der Waals surface area contributed by atoms with Gasteiger partial charge in [-0.15, -0.1) is 6.42 Å². The average Bonchev–Trinajstić information content (AvgIpc) is 2.30. The maximum absolute atomic E-state index is 5.52. The number of ether oxygens (including phenoxy) is 1. The molecule has 0 aliphatic heterocycles. The van der Waals surface area contributed by atoms with Crippen LogP contribution < -0.4 is 10.1 Å². The van der Waals surface area contributed by atoms with Crippen molar-refractivity contribution in [3.05, 3.63) is 29.8 Å². The summed E-state index contributed by atoms with van der Waals surface area (Å²) < 4.78 is 5.52. The topological polar surface area (TPSA) is 21.3 Å². The highest BCUT2D eigenvalue weighted by Gasteiger charge is 1.93. The van der Waals surface area contributed by atoms with Crippen molar-refractivity contribution in [2.24, 2.45) is 0 Å². The zero-order valence-corrected chi connectivity index (χ0v) is 9.12. The van der Waals surface area contributed by atoms with E-state index in [-0.39, 0.29) is 0 Å². The van der Waals surface area contributed by atoms with Gasteiger partial charge in [0.2, 0.25) is 0 Å². The van der Waals surface area contributed by atoms with Gasteiger partial charge < -0.3 is 10.1 Å². The van der Waals surface area contributed by atoms with Crippen LogP contribution in [0.25, 0.3) is 0 Å². The van der Waals surface area contributed by atoms with Gasteiger partial charge in [0.1, 0.15) is 12.4 Å². The summed E-state index contributed by atoms with van der Waals surface area (Å²) in [6, 6.07) is 8.18. The van der Waals surface area contributed by atoms with Crippen molar-refractivity contribution in [1.82, 2.24) is 5.32 Å². The van der Waals surface area contributed by atoms with E-state index >= 15 is 0 Å². The second kappa shape index (κ2) is 6.92. The van der Waals surface area contributed by atoms with Gasteiger partial charge in [-0.2, -0.15) is 0 Å². The molecule has 0 spiro atoms. The van der Waals surface area contributed by atoms with Crippen molar-refractivity contribution in [3.8, 4) is 18.1 Å². The van der Waals surface area contributed by atoms with Gasteiger partial charge in [0, 0.05) is 6.54 Å². The standard InChI is InChI=1S/C13H17NO/c1-3-9-14-10-11-15-13-7-5-12(4-2)6-8-13/h1,5-8,14H,4,9-11H2,2H3. The van der Waals surface area contributed by atoms with Crippen molar-refractivity contribution >= 4 is 0 Å². The summed E-state index contributed by atoms with van der Waals surface area (Å²) in [6.45, 7) is 4.16. The first-order valence-corrected chi connectivity index (χ1v) is 5.22. The Balaban J connectivity index is 2.23. The van der Waals surface area contributed by atoms with Gasteiger partial charge in [-0.25, -0.2) is 0 Å². The number of terminal acetylenes is 1. The molecule has 0 fully saturated rings. The van der Waals surface area contributed by atoms with Crippen LogP contribution in [0.15, 0.2) is 24.3 Å². The highest BCUT2D eigenvalue weighted by atomic mass is 16.5. The molecular weight excluding hydrogens is 186 g/mol. The molecular formula is C13H17NO. The molecule has 80 valence electrons. The van der Waals surface area contributed by atoms with E-state index in [9.17, 15) is 0 Å². The number of rotatable bonds is 6. The van der Waals surface area contributed by atoms with E-state index in [4.69, 9.17) is 11.2 Å². The Hall–Kier alpha value is -1.46. The zero-order chi connectivity index (χ0) is 10.9. The summed E-state index contributed by atoms with van der Waals surface area (Å²) in [5.41, 5.74) is 1.33. The molecule has 0 radical (unpaired) electrons. The molecule has 0 bridgehead atoms. The normalized spacial score (nSPS) is 9.60. The van der Waals surface area contributed by atoms with Crippen LogP contribution in [0.5, 0.6) is 5.75 Å². The van der Waals surface area contributed by atoms with Gasteiger partial charge >= 0.3 is 0 Å². The van der Waals surface area contributed by atoms with Crippen molar-refractivity contribution in [2.75, 3.05) is 19.7 Å². The Bertz CT molecular complexity index is 310. The van der Waals surface area contributed by atoms with Crippen LogP contribution in [0.3, 0.4) is 0 Å². The number of hydrogen-bond donors (Lipinski definition) is 1. The Kier molecular flexibility index (Phi) is 5.35. The molecule has 0 saturated carbocycles. The maximum Gasteiger partial charge on any atom is 0.119 e. The first-order valence-electron chi connectivity index (χ1n) is 5.22. The highest BCUT2D eigenvalue weighted by molar-refractivity contribution is 5.27. The number of aryl methyl sites for hydroxylation is 1. The van der Waals surface area contributed by atoms with Crippen LogP contribution >= 0.6 is 0 Å². The minimum absolute atomic E-state index is 0.595. The second-order valence-corrected chi connectivity index (χ2v) is 3.23. The fourth-order valence-electron chi connectivity index (χ4n) is 1.22. The van der Waals surface area contributed by atoms with E-state index in [1.54, 1.807) is 0 Å². The molecule has 0 saturated heterocycles. The molecule has 1 N–H and O–H groups in total. The minimum Gasteiger partial charge on any atom is -0.492 e. The third kappa shape index (κ3) is 4.53. The lowest BCUT2D eigenvalue weighted by Gasteiger charge is -2.06. The SMILES string of the molecule is C#CCNCCOc1ccc(CC)cc1. The van der Waals surface area contributed by atoms with Gasteiger partial charge in [0.25, 0.3) is 0 Å². The molecule has 0 amide bonds. The lowest BCUT2D eigenvalue weighted by Crippen LogP contribution is -2.21. The minimum atomic E-state index is 0.595. The third-order valence-electron chi connectivity index (χ3n) is 2.11. The Morgan fingerprint density at radius 3 is 2.67 bits per heavy atom. The van der Waals surface area contributed by atoms with Crippen LogP contribution in [0.4, 0.5) is 0 Å². The van der Waals surface area contributed by atoms with E-state index in [0.717, 1.165) is 18.7 Å². The largest absolute Gasteiger partial charge is 0.492 e. The summed E-state index contributed by atoms with van der Waals surface area (Å²) in [6.07, 6.45) is 6.16. The molecule has 1 aromatic rings. The lowest BCUT2D eigenvalue weighted by atomic mass is 10.2. The van der Waals surface area contributed by atoms with Crippen molar-refractivity contribution < 1.29 is 4.74 Å². The van der Waals surface area contributed by atoms with Gasteiger partial charge in [0.15, 0.2) is 0 Å². The number of hydrogen-bond acceptors (Lipinski definition) is 2. The molecule has 0 unspecified atom stereocenters. The fraction of sp³-hybridized carbons (Fsp3) is 0.385. The van der Waals surface area contributed by atoms with Crippen molar-refractivity contribution in [3.63, 3.8) is 0 Å². The van der Waals surface area contributed by atoms with Crippen LogP contribution in [0.1, 0.15) is 12.5 Å². The number of benzene rings is 1. The average molecular weight is 203 g/mol.